The number of nitrogens with one attached hydrogen (secondary N) is 1. The Morgan fingerprint density at radius 2 is 1.17 bits per heavy atom. The highest BCUT2D eigenvalue weighted by Crippen LogP contribution is 2.07. The van der Waals surface area contributed by atoms with E-state index in [-0.39, 0.29) is 43.1 Å². The van der Waals surface area contributed by atoms with Crippen LogP contribution in [0.5, 0.6) is 0 Å². The summed E-state index contributed by atoms with van der Waals surface area (Å²) in [5.74, 6) is -0.0817. The molecule has 0 heterocycles. The standard InChI is InChI=1S/C13H11NO.3ClH/c15-13(11-7-3-1-4-8-11)14-12-9-5-2-6-10-12;;;/h1-10H,(H,14,15);3*1H. The van der Waals surface area contributed by atoms with Gasteiger partial charge in [-0.3, -0.25) is 4.79 Å². The van der Waals surface area contributed by atoms with Crippen LogP contribution in [0.4, 0.5) is 5.69 Å². The Labute approximate surface area is 125 Å². The lowest BCUT2D eigenvalue weighted by molar-refractivity contribution is 0.102. The molecule has 98 valence electrons. The average molecular weight is 307 g/mol. The molecule has 0 aliphatic heterocycles. The maximum atomic E-state index is 11.7. The molecule has 2 rings (SSSR count). The fourth-order valence-electron chi connectivity index (χ4n) is 1.31. The number of carbonyl (C=O) groups is 1. The summed E-state index contributed by atoms with van der Waals surface area (Å²) in [5.41, 5.74) is 1.48. The Morgan fingerprint density at radius 1 is 0.722 bits per heavy atom. The molecule has 0 saturated carbocycles. The topological polar surface area (TPSA) is 29.1 Å². The molecule has 5 heteroatoms. The summed E-state index contributed by atoms with van der Waals surface area (Å²) in [4.78, 5) is 11.7. The SMILES string of the molecule is Cl.Cl.Cl.O=C(Nc1ccccc1)c1ccccc1. The quantitative estimate of drug-likeness (QED) is 0.885. The van der Waals surface area contributed by atoms with Crippen molar-refractivity contribution in [2.45, 2.75) is 0 Å². The first-order valence-electron chi connectivity index (χ1n) is 4.78. The van der Waals surface area contributed by atoms with E-state index in [4.69, 9.17) is 0 Å². The number of hydrogen-bond donors (Lipinski definition) is 1. The van der Waals surface area contributed by atoms with Gasteiger partial charge >= 0.3 is 0 Å². The van der Waals surface area contributed by atoms with Crippen LogP contribution in [0.3, 0.4) is 0 Å². The molecule has 1 N–H and O–H groups in total. The zero-order valence-corrected chi connectivity index (χ0v) is 11.9. The molecule has 2 aromatic rings. The molecule has 2 aromatic carbocycles. The molecule has 0 bridgehead atoms. The molecular weight excluding hydrogens is 293 g/mol. The van der Waals surface area contributed by atoms with E-state index in [1.54, 1.807) is 12.1 Å². The third-order valence-corrected chi connectivity index (χ3v) is 2.07. The normalized spacial score (nSPS) is 8.00. The lowest BCUT2D eigenvalue weighted by Gasteiger charge is -2.03. The van der Waals surface area contributed by atoms with E-state index < -0.39 is 0 Å². The van der Waals surface area contributed by atoms with E-state index in [9.17, 15) is 4.79 Å². The lowest BCUT2D eigenvalue weighted by atomic mass is 10.2. The molecule has 0 atom stereocenters. The molecular formula is C13H14Cl3NO. The van der Waals surface area contributed by atoms with Crippen LogP contribution < -0.4 is 5.32 Å². The van der Waals surface area contributed by atoms with Crippen molar-refractivity contribution in [3.8, 4) is 0 Å². The Balaban J connectivity index is 0. The second-order valence-electron chi connectivity index (χ2n) is 3.19. The summed E-state index contributed by atoms with van der Waals surface area (Å²) in [5, 5.41) is 2.82. The first kappa shape index (κ1) is 19.1. The second-order valence-corrected chi connectivity index (χ2v) is 3.19. The summed E-state index contributed by atoms with van der Waals surface area (Å²) in [7, 11) is 0. The van der Waals surface area contributed by atoms with Crippen LogP contribution in [-0.2, 0) is 0 Å². The minimum Gasteiger partial charge on any atom is -0.322 e. The number of benzene rings is 2. The molecule has 0 aromatic heterocycles. The largest absolute Gasteiger partial charge is 0.322 e. The molecule has 0 saturated heterocycles. The number of hydrogen-bond acceptors (Lipinski definition) is 1. The fourth-order valence-corrected chi connectivity index (χ4v) is 1.31. The maximum Gasteiger partial charge on any atom is 0.255 e. The zero-order chi connectivity index (χ0) is 10.5. The highest BCUT2D eigenvalue weighted by atomic mass is 35.5. The fraction of sp³-hybridized carbons (Fsp3) is 0. The van der Waals surface area contributed by atoms with Gasteiger partial charge in [-0.15, -0.1) is 37.2 Å². The van der Waals surface area contributed by atoms with Gasteiger partial charge in [-0.1, -0.05) is 36.4 Å². The number of anilines is 1. The first-order valence-corrected chi connectivity index (χ1v) is 4.78. The minimum atomic E-state index is -0.0817. The van der Waals surface area contributed by atoms with Crippen molar-refractivity contribution in [2.24, 2.45) is 0 Å². The van der Waals surface area contributed by atoms with Gasteiger partial charge < -0.3 is 5.32 Å². The minimum absolute atomic E-state index is 0. The molecule has 0 radical (unpaired) electrons. The van der Waals surface area contributed by atoms with Crippen molar-refractivity contribution < 1.29 is 4.79 Å². The third-order valence-electron chi connectivity index (χ3n) is 2.07. The summed E-state index contributed by atoms with van der Waals surface area (Å²) >= 11 is 0. The van der Waals surface area contributed by atoms with Crippen molar-refractivity contribution in [2.75, 3.05) is 5.32 Å². The van der Waals surface area contributed by atoms with Gasteiger partial charge in [0.1, 0.15) is 0 Å². The molecule has 2 nitrogen and oxygen atoms in total. The molecule has 0 aliphatic carbocycles. The summed E-state index contributed by atoms with van der Waals surface area (Å²) in [6.07, 6.45) is 0. The van der Waals surface area contributed by atoms with Gasteiger partial charge in [-0.05, 0) is 24.3 Å². The molecule has 0 unspecified atom stereocenters. The van der Waals surface area contributed by atoms with E-state index in [2.05, 4.69) is 5.32 Å². The number of halogens is 3. The van der Waals surface area contributed by atoms with E-state index in [1.807, 2.05) is 48.5 Å². The zero-order valence-electron chi connectivity index (χ0n) is 9.41. The monoisotopic (exact) mass is 305 g/mol. The second kappa shape index (κ2) is 9.77. The van der Waals surface area contributed by atoms with Gasteiger partial charge in [0.2, 0.25) is 0 Å². The highest BCUT2D eigenvalue weighted by molar-refractivity contribution is 6.04. The Bertz CT molecular complexity index is 448. The van der Waals surface area contributed by atoms with Gasteiger partial charge in [0.25, 0.3) is 5.91 Å². The van der Waals surface area contributed by atoms with Crippen LogP contribution in [0.15, 0.2) is 60.7 Å². The predicted molar refractivity (Wildman–Crippen MR) is 82.6 cm³/mol. The molecule has 0 spiro atoms. The lowest BCUT2D eigenvalue weighted by Crippen LogP contribution is -2.11. The van der Waals surface area contributed by atoms with Crippen LogP contribution in [0.25, 0.3) is 0 Å². The van der Waals surface area contributed by atoms with Gasteiger partial charge in [0.15, 0.2) is 0 Å². The smallest absolute Gasteiger partial charge is 0.255 e. The molecule has 0 fully saturated rings. The molecule has 18 heavy (non-hydrogen) atoms. The Morgan fingerprint density at radius 3 is 1.67 bits per heavy atom. The Hall–Kier alpha value is -1.22. The van der Waals surface area contributed by atoms with Crippen molar-refractivity contribution in [3.63, 3.8) is 0 Å². The van der Waals surface area contributed by atoms with E-state index in [0.29, 0.717) is 5.56 Å². The van der Waals surface area contributed by atoms with E-state index >= 15 is 0 Å². The number of amides is 1. The van der Waals surface area contributed by atoms with Gasteiger partial charge in [-0.2, -0.15) is 0 Å². The maximum absolute atomic E-state index is 11.7. The van der Waals surface area contributed by atoms with E-state index in [1.165, 1.54) is 0 Å². The molecule has 0 aliphatic rings. The van der Waals surface area contributed by atoms with Gasteiger partial charge in [0.05, 0.1) is 0 Å². The van der Waals surface area contributed by atoms with Gasteiger partial charge in [-0.25, -0.2) is 0 Å². The van der Waals surface area contributed by atoms with Crippen LogP contribution in [0.1, 0.15) is 10.4 Å². The summed E-state index contributed by atoms with van der Waals surface area (Å²) in [6.45, 7) is 0. The highest BCUT2D eigenvalue weighted by Gasteiger charge is 2.03. The van der Waals surface area contributed by atoms with Gasteiger partial charge in [0, 0.05) is 11.3 Å². The number of para-hydroxylation sites is 1. The van der Waals surface area contributed by atoms with Crippen molar-refractivity contribution in [1.29, 1.82) is 0 Å². The van der Waals surface area contributed by atoms with Crippen LogP contribution in [-0.4, -0.2) is 5.91 Å². The number of rotatable bonds is 2. The Kier molecular flexibility index (Phi) is 10.4. The third kappa shape index (κ3) is 5.41. The van der Waals surface area contributed by atoms with Crippen molar-refractivity contribution >= 4 is 48.8 Å². The van der Waals surface area contributed by atoms with Crippen molar-refractivity contribution in [3.05, 3.63) is 66.2 Å². The predicted octanol–water partition coefficient (Wildman–Crippen LogP) is 4.20. The van der Waals surface area contributed by atoms with Crippen LogP contribution >= 0.6 is 37.2 Å². The summed E-state index contributed by atoms with van der Waals surface area (Å²) < 4.78 is 0. The van der Waals surface area contributed by atoms with E-state index in [0.717, 1.165) is 5.69 Å². The summed E-state index contributed by atoms with van der Waals surface area (Å²) in [6, 6.07) is 18.6. The average Bonchev–Trinajstić information content (AvgIpc) is 2.31. The molecule has 1 amide bonds. The number of carbonyl (C=O) groups excluding carboxylic acids is 1. The van der Waals surface area contributed by atoms with Crippen LogP contribution in [0, 0.1) is 0 Å². The first-order chi connectivity index (χ1) is 7.36. The van der Waals surface area contributed by atoms with Crippen LogP contribution in [0.2, 0.25) is 0 Å². The van der Waals surface area contributed by atoms with Crippen molar-refractivity contribution in [1.82, 2.24) is 0 Å².